The van der Waals surface area contributed by atoms with Gasteiger partial charge < -0.3 is 10.6 Å². The van der Waals surface area contributed by atoms with Crippen molar-refractivity contribution < 1.29 is 9.59 Å². The minimum absolute atomic E-state index is 0.141. The molecule has 0 bridgehead atoms. The van der Waals surface area contributed by atoms with E-state index in [9.17, 15) is 9.59 Å². The van der Waals surface area contributed by atoms with Gasteiger partial charge in [0.2, 0.25) is 11.8 Å². The average Bonchev–Trinajstić information content (AvgIpc) is 3.11. The summed E-state index contributed by atoms with van der Waals surface area (Å²) in [7, 11) is 0. The molecule has 6 heteroatoms. The summed E-state index contributed by atoms with van der Waals surface area (Å²) in [6.45, 7) is 5.54. The van der Waals surface area contributed by atoms with Crippen LogP contribution in [0, 0.1) is 13.8 Å². The number of amides is 2. The second-order valence-electron chi connectivity index (χ2n) is 6.77. The number of nitrogens with one attached hydrogen (secondary N) is 2. The molecule has 1 unspecified atom stereocenters. The summed E-state index contributed by atoms with van der Waals surface area (Å²) in [6, 6.07) is 15.3. The van der Waals surface area contributed by atoms with Crippen LogP contribution in [-0.2, 0) is 9.59 Å². The van der Waals surface area contributed by atoms with Crippen molar-refractivity contribution >= 4 is 28.3 Å². The highest BCUT2D eigenvalue weighted by atomic mass is 32.1. The van der Waals surface area contributed by atoms with E-state index in [1.54, 1.807) is 0 Å². The number of thiazole rings is 1. The number of anilines is 1. The fourth-order valence-corrected chi connectivity index (χ4v) is 3.73. The van der Waals surface area contributed by atoms with Gasteiger partial charge in [-0.15, -0.1) is 11.3 Å². The number of benzene rings is 2. The number of nitrogens with zero attached hydrogens (tertiary/aromatic N) is 1. The fourth-order valence-electron chi connectivity index (χ4n) is 3.01. The first kappa shape index (κ1) is 19.8. The molecule has 2 aromatic carbocycles. The van der Waals surface area contributed by atoms with Crippen molar-refractivity contribution in [1.82, 2.24) is 10.3 Å². The van der Waals surface area contributed by atoms with E-state index in [2.05, 4.69) is 33.8 Å². The number of hydrogen-bond donors (Lipinski definition) is 2. The fraction of sp³-hybridized carbons (Fsp3) is 0.227. The van der Waals surface area contributed by atoms with Gasteiger partial charge in [0.1, 0.15) is 0 Å². The van der Waals surface area contributed by atoms with Gasteiger partial charge in [-0.1, -0.05) is 48.0 Å². The Labute approximate surface area is 168 Å². The molecule has 3 rings (SSSR count). The monoisotopic (exact) mass is 393 g/mol. The Hall–Kier alpha value is -2.99. The number of aromatic nitrogens is 1. The second kappa shape index (κ2) is 8.80. The van der Waals surface area contributed by atoms with Crippen LogP contribution >= 0.6 is 11.3 Å². The normalized spacial score (nSPS) is 11.7. The molecule has 0 radical (unpaired) electrons. The SMILES string of the molecule is CC(=O)NC(CC(=O)Nc1nc(-c2cc(C)ccc2C)cs1)c1ccccc1. The zero-order valence-corrected chi connectivity index (χ0v) is 17.0. The summed E-state index contributed by atoms with van der Waals surface area (Å²) in [4.78, 5) is 28.6. The second-order valence-corrected chi connectivity index (χ2v) is 7.63. The van der Waals surface area contributed by atoms with E-state index < -0.39 is 0 Å². The van der Waals surface area contributed by atoms with Gasteiger partial charge in [-0.05, 0) is 31.0 Å². The van der Waals surface area contributed by atoms with Crippen LogP contribution in [0.15, 0.2) is 53.9 Å². The quantitative estimate of drug-likeness (QED) is 0.641. The number of carbonyl (C=O) groups excluding carboxylic acids is 2. The van der Waals surface area contributed by atoms with Gasteiger partial charge in [-0.3, -0.25) is 9.59 Å². The van der Waals surface area contributed by atoms with Crippen molar-refractivity contribution in [2.75, 3.05) is 5.32 Å². The zero-order chi connectivity index (χ0) is 20.1. The Kier molecular flexibility index (Phi) is 6.21. The van der Waals surface area contributed by atoms with Crippen LogP contribution in [0.5, 0.6) is 0 Å². The Morgan fingerprint density at radius 1 is 1.11 bits per heavy atom. The highest BCUT2D eigenvalue weighted by Gasteiger charge is 2.18. The van der Waals surface area contributed by atoms with E-state index in [1.165, 1.54) is 23.8 Å². The van der Waals surface area contributed by atoms with E-state index in [-0.39, 0.29) is 24.3 Å². The number of aryl methyl sites for hydroxylation is 2. The van der Waals surface area contributed by atoms with Crippen LogP contribution in [-0.4, -0.2) is 16.8 Å². The lowest BCUT2D eigenvalue weighted by atomic mass is 10.0. The highest BCUT2D eigenvalue weighted by Crippen LogP contribution is 2.28. The van der Waals surface area contributed by atoms with Crippen molar-refractivity contribution in [3.63, 3.8) is 0 Å². The standard InChI is InChI=1S/C22H23N3O2S/c1-14-9-10-15(2)18(11-14)20-13-28-22(24-20)25-21(27)12-19(23-16(3)26)17-7-5-4-6-8-17/h4-11,13,19H,12H2,1-3H3,(H,23,26)(H,24,25,27). The minimum atomic E-state index is -0.378. The molecule has 28 heavy (non-hydrogen) atoms. The third kappa shape index (κ3) is 5.04. The summed E-state index contributed by atoms with van der Waals surface area (Å²) in [5.74, 6) is -0.363. The first-order valence-electron chi connectivity index (χ1n) is 9.07. The van der Waals surface area contributed by atoms with Crippen LogP contribution in [0.3, 0.4) is 0 Å². The van der Waals surface area contributed by atoms with Gasteiger partial charge in [-0.25, -0.2) is 4.98 Å². The van der Waals surface area contributed by atoms with E-state index in [0.717, 1.165) is 22.4 Å². The molecule has 0 aliphatic carbocycles. The number of rotatable bonds is 6. The molecule has 5 nitrogen and oxygen atoms in total. The molecule has 2 N–H and O–H groups in total. The van der Waals surface area contributed by atoms with Gasteiger partial charge in [0.05, 0.1) is 18.2 Å². The Bertz CT molecular complexity index is 982. The lowest BCUT2D eigenvalue weighted by molar-refractivity contribution is -0.120. The van der Waals surface area contributed by atoms with Gasteiger partial charge >= 0.3 is 0 Å². The first-order chi connectivity index (χ1) is 13.4. The summed E-state index contributed by atoms with van der Waals surface area (Å²) in [6.07, 6.45) is 0.141. The van der Waals surface area contributed by atoms with Crippen molar-refractivity contribution in [1.29, 1.82) is 0 Å². The molecule has 144 valence electrons. The molecule has 2 amide bonds. The third-order valence-electron chi connectivity index (χ3n) is 4.39. The van der Waals surface area contributed by atoms with Crippen LogP contribution in [0.2, 0.25) is 0 Å². The molecule has 1 atom stereocenters. The maximum absolute atomic E-state index is 12.5. The van der Waals surface area contributed by atoms with Crippen LogP contribution in [0.4, 0.5) is 5.13 Å². The summed E-state index contributed by atoms with van der Waals surface area (Å²) < 4.78 is 0. The van der Waals surface area contributed by atoms with E-state index in [4.69, 9.17) is 0 Å². The summed E-state index contributed by atoms with van der Waals surface area (Å²) >= 11 is 1.39. The Morgan fingerprint density at radius 3 is 2.57 bits per heavy atom. The molecule has 0 fully saturated rings. The van der Waals surface area contributed by atoms with Crippen LogP contribution in [0.1, 0.15) is 36.1 Å². The smallest absolute Gasteiger partial charge is 0.228 e. The maximum Gasteiger partial charge on any atom is 0.228 e. The molecule has 0 aliphatic rings. The highest BCUT2D eigenvalue weighted by molar-refractivity contribution is 7.14. The molecule has 0 spiro atoms. The molecule has 0 saturated heterocycles. The van der Waals surface area contributed by atoms with E-state index >= 15 is 0 Å². The maximum atomic E-state index is 12.5. The molecule has 0 saturated carbocycles. The predicted molar refractivity (Wildman–Crippen MR) is 113 cm³/mol. The molecule has 3 aromatic rings. The molecule has 1 aromatic heterocycles. The lowest BCUT2D eigenvalue weighted by Crippen LogP contribution is -2.29. The predicted octanol–water partition coefficient (Wildman–Crippen LogP) is 4.63. The topological polar surface area (TPSA) is 71.1 Å². The van der Waals surface area contributed by atoms with Crippen LogP contribution < -0.4 is 10.6 Å². The molecular weight excluding hydrogens is 370 g/mol. The molecular formula is C22H23N3O2S. The van der Waals surface area contributed by atoms with Crippen LogP contribution in [0.25, 0.3) is 11.3 Å². The zero-order valence-electron chi connectivity index (χ0n) is 16.2. The number of hydrogen-bond acceptors (Lipinski definition) is 4. The third-order valence-corrected chi connectivity index (χ3v) is 5.15. The average molecular weight is 394 g/mol. The van der Waals surface area contributed by atoms with Gasteiger partial charge in [-0.2, -0.15) is 0 Å². The van der Waals surface area contributed by atoms with Crippen molar-refractivity contribution in [2.45, 2.75) is 33.2 Å². The van der Waals surface area contributed by atoms with E-state index in [0.29, 0.717) is 5.13 Å². The number of carbonyl (C=O) groups is 2. The summed E-state index contributed by atoms with van der Waals surface area (Å²) in [5.41, 5.74) is 5.12. The minimum Gasteiger partial charge on any atom is -0.349 e. The molecule has 0 aliphatic heterocycles. The van der Waals surface area contributed by atoms with E-state index in [1.807, 2.05) is 49.6 Å². The first-order valence-corrected chi connectivity index (χ1v) is 9.95. The van der Waals surface area contributed by atoms with Crippen molar-refractivity contribution in [2.24, 2.45) is 0 Å². The van der Waals surface area contributed by atoms with Gasteiger partial charge in [0.25, 0.3) is 0 Å². The summed E-state index contributed by atoms with van der Waals surface area (Å²) in [5, 5.41) is 8.19. The Morgan fingerprint density at radius 2 is 1.86 bits per heavy atom. The Balaban J connectivity index is 1.71. The van der Waals surface area contributed by atoms with Crippen molar-refractivity contribution in [3.05, 3.63) is 70.6 Å². The van der Waals surface area contributed by atoms with Gasteiger partial charge in [0.15, 0.2) is 5.13 Å². The van der Waals surface area contributed by atoms with Crippen molar-refractivity contribution in [3.8, 4) is 11.3 Å². The largest absolute Gasteiger partial charge is 0.349 e. The lowest BCUT2D eigenvalue weighted by Gasteiger charge is -2.17. The van der Waals surface area contributed by atoms with Gasteiger partial charge in [0, 0.05) is 17.9 Å². The molecule has 1 heterocycles.